The maximum absolute atomic E-state index is 12.1. The van der Waals surface area contributed by atoms with Crippen LogP contribution in [-0.2, 0) is 23.9 Å². The predicted molar refractivity (Wildman–Crippen MR) is 109 cm³/mol. The Balaban J connectivity index is 1.88. The van der Waals surface area contributed by atoms with E-state index in [0.29, 0.717) is 24.8 Å². The van der Waals surface area contributed by atoms with E-state index >= 15 is 0 Å². The number of hydrogen-bond acceptors (Lipinski definition) is 3. The number of aliphatic imine (C=N–C) groups is 1. The Morgan fingerprint density at radius 3 is 2.54 bits per heavy atom. The van der Waals surface area contributed by atoms with Crippen molar-refractivity contribution in [3.05, 3.63) is 53.9 Å². The molecule has 26 heavy (non-hydrogen) atoms. The Hall–Kier alpha value is -2.15. The molecule has 1 unspecified atom stereocenters. The highest BCUT2D eigenvalue weighted by atomic mass is 32.2. The normalized spacial score (nSPS) is 13.5. The van der Waals surface area contributed by atoms with Crippen molar-refractivity contribution in [2.75, 3.05) is 19.3 Å². The molecule has 0 spiro atoms. The number of aromatic nitrogens is 2. The van der Waals surface area contributed by atoms with Crippen LogP contribution in [-0.4, -0.2) is 44.0 Å². The highest BCUT2D eigenvalue weighted by molar-refractivity contribution is 7.86. The molecule has 0 aliphatic heterocycles. The summed E-state index contributed by atoms with van der Waals surface area (Å²) in [5.41, 5.74) is 2.41. The van der Waals surface area contributed by atoms with Gasteiger partial charge in [-0.25, -0.2) is 0 Å². The maximum atomic E-state index is 12.1. The quantitative estimate of drug-likeness (QED) is 0.575. The number of benzene rings is 1. The van der Waals surface area contributed by atoms with Crippen LogP contribution < -0.4 is 10.6 Å². The SMILES string of the molecule is CN=C(NCCS(=O)C(C)(C)C)NCc1ccccc1Cn1cccn1. The van der Waals surface area contributed by atoms with E-state index in [9.17, 15) is 4.21 Å². The molecule has 0 fully saturated rings. The zero-order valence-corrected chi connectivity index (χ0v) is 16.8. The average Bonchev–Trinajstić information content (AvgIpc) is 3.11. The van der Waals surface area contributed by atoms with Gasteiger partial charge >= 0.3 is 0 Å². The summed E-state index contributed by atoms with van der Waals surface area (Å²) in [4.78, 5) is 4.25. The molecule has 1 aromatic carbocycles. The molecular formula is C19H29N5OS. The van der Waals surface area contributed by atoms with Crippen molar-refractivity contribution in [1.29, 1.82) is 0 Å². The van der Waals surface area contributed by atoms with Crippen molar-refractivity contribution in [3.63, 3.8) is 0 Å². The average molecular weight is 376 g/mol. The van der Waals surface area contributed by atoms with Crippen LogP contribution in [0, 0.1) is 0 Å². The standard InChI is InChI=1S/C19H29N5OS/c1-19(2,3)26(25)13-11-21-18(20-4)22-14-16-8-5-6-9-17(16)15-24-12-7-10-23-24/h5-10,12H,11,13-15H2,1-4H3,(H2,20,21,22). The van der Waals surface area contributed by atoms with Gasteiger partial charge in [-0.05, 0) is 38.0 Å². The van der Waals surface area contributed by atoms with E-state index in [0.717, 1.165) is 6.54 Å². The lowest BCUT2D eigenvalue weighted by Gasteiger charge is -2.19. The smallest absolute Gasteiger partial charge is 0.191 e. The topological polar surface area (TPSA) is 71.3 Å². The van der Waals surface area contributed by atoms with Crippen LogP contribution in [0.4, 0.5) is 0 Å². The first kappa shape index (κ1) is 20.2. The Labute approximate surface area is 158 Å². The summed E-state index contributed by atoms with van der Waals surface area (Å²) in [7, 11) is 0.869. The molecule has 0 amide bonds. The molecule has 7 heteroatoms. The summed E-state index contributed by atoms with van der Waals surface area (Å²) in [6, 6.07) is 10.2. The fraction of sp³-hybridized carbons (Fsp3) is 0.474. The molecule has 0 saturated carbocycles. The summed E-state index contributed by atoms with van der Waals surface area (Å²) in [5.74, 6) is 1.31. The van der Waals surface area contributed by atoms with Gasteiger partial charge in [0, 0.05) is 53.8 Å². The van der Waals surface area contributed by atoms with Gasteiger partial charge in [0.25, 0.3) is 0 Å². The molecule has 0 radical (unpaired) electrons. The van der Waals surface area contributed by atoms with Crippen LogP contribution in [0.1, 0.15) is 31.9 Å². The zero-order valence-electron chi connectivity index (χ0n) is 16.0. The van der Waals surface area contributed by atoms with Gasteiger partial charge in [-0.1, -0.05) is 24.3 Å². The van der Waals surface area contributed by atoms with Crippen molar-refractivity contribution >= 4 is 16.8 Å². The van der Waals surface area contributed by atoms with Gasteiger partial charge in [0.15, 0.2) is 5.96 Å². The molecule has 1 aromatic heterocycles. The second-order valence-corrected chi connectivity index (χ2v) is 9.31. The molecule has 1 atom stereocenters. The third kappa shape index (κ3) is 6.29. The van der Waals surface area contributed by atoms with Crippen LogP contribution in [0.5, 0.6) is 0 Å². The number of rotatable bonds is 7. The summed E-state index contributed by atoms with van der Waals surface area (Å²) >= 11 is 0. The number of hydrogen-bond donors (Lipinski definition) is 2. The third-order valence-electron chi connectivity index (χ3n) is 3.94. The summed E-state index contributed by atoms with van der Waals surface area (Å²) in [6.45, 7) is 8.01. The number of nitrogens with zero attached hydrogens (tertiary/aromatic N) is 3. The van der Waals surface area contributed by atoms with E-state index in [1.165, 1.54) is 11.1 Å². The minimum absolute atomic E-state index is 0.190. The minimum atomic E-state index is -0.873. The van der Waals surface area contributed by atoms with Crippen LogP contribution in [0.3, 0.4) is 0 Å². The largest absolute Gasteiger partial charge is 0.355 e. The van der Waals surface area contributed by atoms with Gasteiger partial charge in [0.1, 0.15) is 0 Å². The van der Waals surface area contributed by atoms with Gasteiger partial charge in [0.2, 0.25) is 0 Å². The van der Waals surface area contributed by atoms with E-state index in [-0.39, 0.29) is 4.75 Å². The maximum Gasteiger partial charge on any atom is 0.191 e. The first-order chi connectivity index (χ1) is 12.4. The Morgan fingerprint density at radius 2 is 1.92 bits per heavy atom. The van der Waals surface area contributed by atoms with Gasteiger partial charge in [-0.3, -0.25) is 13.9 Å². The molecule has 2 N–H and O–H groups in total. The molecule has 142 valence electrons. The van der Waals surface area contributed by atoms with Crippen molar-refractivity contribution < 1.29 is 4.21 Å². The molecule has 2 aromatic rings. The van der Waals surface area contributed by atoms with E-state index in [1.54, 1.807) is 13.2 Å². The number of guanidine groups is 1. The molecule has 0 saturated heterocycles. The van der Waals surface area contributed by atoms with E-state index in [1.807, 2.05) is 49.8 Å². The summed E-state index contributed by atoms with van der Waals surface area (Å²) in [6.07, 6.45) is 3.74. The van der Waals surface area contributed by atoms with Crippen LogP contribution in [0.2, 0.25) is 0 Å². The van der Waals surface area contributed by atoms with Gasteiger partial charge in [-0.2, -0.15) is 5.10 Å². The Morgan fingerprint density at radius 1 is 1.19 bits per heavy atom. The van der Waals surface area contributed by atoms with Crippen molar-refractivity contribution in [3.8, 4) is 0 Å². The highest BCUT2D eigenvalue weighted by Crippen LogP contribution is 2.11. The fourth-order valence-electron chi connectivity index (χ4n) is 2.42. The van der Waals surface area contributed by atoms with Crippen molar-refractivity contribution in [2.45, 2.75) is 38.6 Å². The van der Waals surface area contributed by atoms with E-state index < -0.39 is 10.8 Å². The molecule has 6 nitrogen and oxygen atoms in total. The van der Waals surface area contributed by atoms with Gasteiger partial charge < -0.3 is 10.6 Å². The molecule has 0 aliphatic rings. The fourth-order valence-corrected chi connectivity index (χ4v) is 3.32. The predicted octanol–water partition coefficient (Wildman–Crippen LogP) is 2.14. The Bertz CT molecular complexity index is 735. The monoisotopic (exact) mass is 375 g/mol. The van der Waals surface area contributed by atoms with Crippen molar-refractivity contribution in [2.24, 2.45) is 4.99 Å². The van der Waals surface area contributed by atoms with Crippen molar-refractivity contribution in [1.82, 2.24) is 20.4 Å². The Kier molecular flexibility index (Phi) is 7.38. The zero-order chi connectivity index (χ0) is 19.0. The highest BCUT2D eigenvalue weighted by Gasteiger charge is 2.18. The van der Waals surface area contributed by atoms with Gasteiger partial charge in [-0.15, -0.1) is 0 Å². The minimum Gasteiger partial charge on any atom is -0.355 e. The summed E-state index contributed by atoms with van der Waals surface area (Å²) in [5, 5.41) is 10.8. The molecule has 0 aliphatic carbocycles. The van der Waals surface area contributed by atoms with Gasteiger partial charge in [0.05, 0.1) is 6.54 Å². The molecule has 2 rings (SSSR count). The lowest BCUT2D eigenvalue weighted by atomic mass is 10.1. The lowest BCUT2D eigenvalue weighted by molar-refractivity contribution is 0.647. The second kappa shape index (κ2) is 9.52. The molecule has 0 bridgehead atoms. The van der Waals surface area contributed by atoms with Crippen LogP contribution in [0.15, 0.2) is 47.7 Å². The van der Waals surface area contributed by atoms with Crippen LogP contribution in [0.25, 0.3) is 0 Å². The number of nitrogens with one attached hydrogen (secondary N) is 2. The summed E-state index contributed by atoms with van der Waals surface area (Å²) < 4.78 is 13.8. The molecule has 1 heterocycles. The third-order valence-corrected chi connectivity index (χ3v) is 5.88. The van der Waals surface area contributed by atoms with E-state index in [2.05, 4.69) is 32.9 Å². The van der Waals surface area contributed by atoms with E-state index in [4.69, 9.17) is 0 Å². The first-order valence-electron chi connectivity index (χ1n) is 8.77. The van der Waals surface area contributed by atoms with Crippen LogP contribution >= 0.6 is 0 Å². The lowest BCUT2D eigenvalue weighted by Crippen LogP contribution is -2.40. The molecular weight excluding hydrogens is 346 g/mol. The second-order valence-electron chi connectivity index (χ2n) is 6.99. The first-order valence-corrected chi connectivity index (χ1v) is 10.1.